The Morgan fingerprint density at radius 1 is 1.27 bits per heavy atom. The molecule has 1 atom stereocenters. The molecule has 2 N–H and O–H groups in total. The van der Waals surface area contributed by atoms with E-state index < -0.39 is 10.0 Å². The molecule has 3 rings (SSSR count). The van der Waals surface area contributed by atoms with Gasteiger partial charge in [-0.3, -0.25) is 4.90 Å². The van der Waals surface area contributed by atoms with Gasteiger partial charge in [-0.15, -0.1) is 0 Å². The Labute approximate surface area is 133 Å². The maximum atomic E-state index is 12.3. The molecule has 0 amide bonds. The van der Waals surface area contributed by atoms with Crippen LogP contribution in [0.3, 0.4) is 0 Å². The Kier molecular flexibility index (Phi) is 4.18. The Bertz CT molecular complexity index is 655. The van der Waals surface area contributed by atoms with Crippen molar-refractivity contribution in [2.24, 2.45) is 0 Å². The van der Waals surface area contributed by atoms with Crippen LogP contribution < -0.4 is 5.73 Å². The fraction of sp³-hybridized carbons (Fsp3) is 0.625. The summed E-state index contributed by atoms with van der Waals surface area (Å²) in [5, 5.41) is -0.106. The molecule has 1 saturated carbocycles. The number of nitrogen functional groups attached to an aromatic ring is 1. The highest BCUT2D eigenvalue weighted by atomic mass is 32.2. The van der Waals surface area contributed by atoms with Crippen LogP contribution in [0.1, 0.15) is 30.9 Å². The molecule has 1 aliphatic carbocycles. The summed E-state index contributed by atoms with van der Waals surface area (Å²) in [5.41, 5.74) is 9.05. The van der Waals surface area contributed by atoms with Crippen molar-refractivity contribution in [1.29, 1.82) is 0 Å². The number of sulfonamides is 1. The van der Waals surface area contributed by atoms with Gasteiger partial charge in [0.2, 0.25) is 10.0 Å². The van der Waals surface area contributed by atoms with Crippen LogP contribution in [-0.4, -0.2) is 48.5 Å². The first kappa shape index (κ1) is 15.8. The topological polar surface area (TPSA) is 66.6 Å². The van der Waals surface area contributed by atoms with Gasteiger partial charge in [-0.1, -0.05) is 6.07 Å². The van der Waals surface area contributed by atoms with Crippen LogP contribution in [0.5, 0.6) is 0 Å². The molecule has 122 valence electrons. The largest absolute Gasteiger partial charge is 0.399 e. The van der Waals surface area contributed by atoms with Gasteiger partial charge in [0.25, 0.3) is 0 Å². The van der Waals surface area contributed by atoms with Crippen LogP contribution in [0.2, 0.25) is 0 Å². The molecule has 1 saturated heterocycles. The second kappa shape index (κ2) is 5.83. The van der Waals surface area contributed by atoms with Crippen molar-refractivity contribution in [2.75, 3.05) is 25.4 Å². The summed E-state index contributed by atoms with van der Waals surface area (Å²) >= 11 is 0. The summed E-state index contributed by atoms with van der Waals surface area (Å²) in [6, 6.07) is 6.23. The van der Waals surface area contributed by atoms with Crippen LogP contribution in [0, 0.1) is 6.92 Å². The van der Waals surface area contributed by atoms with Crippen LogP contribution in [0.15, 0.2) is 18.2 Å². The van der Waals surface area contributed by atoms with Crippen molar-refractivity contribution < 1.29 is 8.42 Å². The van der Waals surface area contributed by atoms with E-state index in [1.165, 1.54) is 11.1 Å². The number of aryl methyl sites for hydroxylation is 1. The molecule has 2 fully saturated rings. The van der Waals surface area contributed by atoms with Crippen molar-refractivity contribution >= 4 is 15.7 Å². The van der Waals surface area contributed by atoms with Crippen molar-refractivity contribution in [2.45, 2.75) is 44.5 Å². The van der Waals surface area contributed by atoms with Gasteiger partial charge in [-0.05, 0) is 49.9 Å². The lowest BCUT2D eigenvalue weighted by Crippen LogP contribution is -2.53. The van der Waals surface area contributed by atoms with Gasteiger partial charge in [-0.2, -0.15) is 4.31 Å². The van der Waals surface area contributed by atoms with E-state index in [0.717, 1.165) is 31.6 Å². The molecule has 1 aromatic rings. The molecule has 5 nitrogen and oxygen atoms in total. The lowest BCUT2D eigenvalue weighted by atomic mass is 10.1. The predicted octanol–water partition coefficient (Wildman–Crippen LogP) is 1.58. The summed E-state index contributed by atoms with van der Waals surface area (Å²) in [4.78, 5) is 2.36. The van der Waals surface area contributed by atoms with Gasteiger partial charge in [0, 0.05) is 37.9 Å². The maximum absolute atomic E-state index is 12.3. The Balaban J connectivity index is 1.65. The molecule has 22 heavy (non-hydrogen) atoms. The number of benzene rings is 1. The summed E-state index contributed by atoms with van der Waals surface area (Å²) in [7, 11) is -3.04. The van der Waals surface area contributed by atoms with Crippen molar-refractivity contribution in [3.63, 3.8) is 0 Å². The van der Waals surface area contributed by atoms with E-state index in [-0.39, 0.29) is 11.3 Å². The first-order chi connectivity index (χ1) is 10.4. The lowest BCUT2D eigenvalue weighted by molar-refractivity contribution is 0.121. The SMILES string of the molecule is Cc1cc(N)ccc1CN1CCN(S(=O)(=O)C2CC2)C[C@H]1C. The minimum Gasteiger partial charge on any atom is -0.399 e. The number of hydrogen-bond acceptors (Lipinski definition) is 4. The quantitative estimate of drug-likeness (QED) is 0.854. The van der Waals surface area contributed by atoms with E-state index in [1.54, 1.807) is 4.31 Å². The normalized spacial score (nSPS) is 24.5. The second-order valence-electron chi connectivity index (χ2n) is 6.61. The fourth-order valence-electron chi connectivity index (χ4n) is 3.12. The summed E-state index contributed by atoms with van der Waals surface area (Å²) < 4.78 is 26.4. The number of nitrogens with zero attached hydrogens (tertiary/aromatic N) is 2. The van der Waals surface area contributed by atoms with Crippen LogP contribution >= 0.6 is 0 Å². The highest BCUT2D eigenvalue weighted by Gasteiger charge is 2.42. The van der Waals surface area contributed by atoms with Crippen molar-refractivity contribution in [3.8, 4) is 0 Å². The smallest absolute Gasteiger partial charge is 0.217 e. The number of rotatable bonds is 4. The van der Waals surface area contributed by atoms with Crippen LogP contribution in [0.4, 0.5) is 5.69 Å². The van der Waals surface area contributed by atoms with E-state index in [4.69, 9.17) is 5.73 Å². The Morgan fingerprint density at radius 3 is 2.59 bits per heavy atom. The number of nitrogens with two attached hydrogens (primary N) is 1. The van der Waals surface area contributed by atoms with Gasteiger partial charge >= 0.3 is 0 Å². The Hall–Kier alpha value is -1.11. The summed E-state index contributed by atoms with van der Waals surface area (Å²) in [5.74, 6) is 0. The zero-order valence-electron chi connectivity index (χ0n) is 13.3. The molecule has 1 aliphatic heterocycles. The highest BCUT2D eigenvalue weighted by Crippen LogP contribution is 2.32. The zero-order valence-corrected chi connectivity index (χ0v) is 14.1. The minimum absolute atomic E-state index is 0.106. The van der Waals surface area contributed by atoms with Crippen molar-refractivity contribution in [3.05, 3.63) is 29.3 Å². The van der Waals surface area contributed by atoms with E-state index in [9.17, 15) is 8.42 Å². The van der Waals surface area contributed by atoms with Crippen LogP contribution in [-0.2, 0) is 16.6 Å². The molecule has 6 heteroatoms. The van der Waals surface area contributed by atoms with Gasteiger partial charge in [0.15, 0.2) is 0 Å². The molecule has 0 aromatic heterocycles. The molecule has 0 radical (unpaired) electrons. The molecule has 1 aromatic carbocycles. The van der Waals surface area contributed by atoms with E-state index in [1.807, 2.05) is 12.1 Å². The highest BCUT2D eigenvalue weighted by molar-refractivity contribution is 7.90. The third-order valence-corrected chi connectivity index (χ3v) is 7.14. The third-order valence-electron chi connectivity index (χ3n) is 4.77. The van der Waals surface area contributed by atoms with Crippen molar-refractivity contribution in [1.82, 2.24) is 9.21 Å². The number of anilines is 1. The third kappa shape index (κ3) is 3.14. The van der Waals surface area contributed by atoms with Crippen LogP contribution in [0.25, 0.3) is 0 Å². The fourth-order valence-corrected chi connectivity index (χ4v) is 5.03. The number of hydrogen-bond donors (Lipinski definition) is 1. The molecular formula is C16H25N3O2S. The van der Waals surface area contributed by atoms with Gasteiger partial charge < -0.3 is 5.73 Å². The molecule has 0 bridgehead atoms. The van der Waals surface area contributed by atoms with Gasteiger partial charge in [0.1, 0.15) is 0 Å². The standard InChI is InChI=1S/C16H25N3O2S/c1-12-9-15(17)4-3-14(12)11-18-7-8-19(10-13(18)2)22(20,21)16-5-6-16/h3-4,9,13,16H,5-8,10-11,17H2,1-2H3/t13-/m1/s1. The second-order valence-corrected chi connectivity index (χ2v) is 8.82. The average Bonchev–Trinajstić information content (AvgIpc) is 3.28. The molecule has 2 aliphatic rings. The monoisotopic (exact) mass is 323 g/mol. The maximum Gasteiger partial charge on any atom is 0.217 e. The number of piperazine rings is 1. The first-order valence-electron chi connectivity index (χ1n) is 7.96. The Morgan fingerprint density at radius 2 is 2.00 bits per heavy atom. The van der Waals surface area contributed by atoms with E-state index >= 15 is 0 Å². The van der Waals surface area contributed by atoms with Gasteiger partial charge in [0.05, 0.1) is 5.25 Å². The average molecular weight is 323 g/mol. The summed E-state index contributed by atoms with van der Waals surface area (Å²) in [6.07, 6.45) is 1.67. The lowest BCUT2D eigenvalue weighted by Gasteiger charge is -2.39. The minimum atomic E-state index is -3.04. The molecular weight excluding hydrogens is 298 g/mol. The predicted molar refractivity (Wildman–Crippen MR) is 89.0 cm³/mol. The first-order valence-corrected chi connectivity index (χ1v) is 9.46. The van der Waals surface area contributed by atoms with Gasteiger partial charge in [-0.25, -0.2) is 8.42 Å². The molecule has 1 heterocycles. The summed E-state index contributed by atoms with van der Waals surface area (Å²) in [6.45, 7) is 7.04. The molecule has 0 unspecified atom stereocenters. The van der Waals surface area contributed by atoms with E-state index in [2.05, 4.69) is 24.8 Å². The zero-order chi connectivity index (χ0) is 15.9. The van der Waals surface area contributed by atoms with E-state index in [0.29, 0.717) is 13.1 Å². The molecule has 0 spiro atoms.